The first-order valence-electron chi connectivity index (χ1n) is 6.95. The SMILES string of the molecule is CN(CCN1CCNCC1)c1nc(C(C)(C)C)ns1. The van der Waals surface area contributed by atoms with Gasteiger partial charge in [0.15, 0.2) is 0 Å². The lowest BCUT2D eigenvalue weighted by Gasteiger charge is -2.28. The number of aromatic nitrogens is 2. The van der Waals surface area contributed by atoms with Crippen LogP contribution in [0, 0.1) is 0 Å². The molecule has 1 aromatic heterocycles. The van der Waals surface area contributed by atoms with Crippen molar-refractivity contribution in [2.45, 2.75) is 26.2 Å². The van der Waals surface area contributed by atoms with E-state index in [1.165, 1.54) is 11.5 Å². The van der Waals surface area contributed by atoms with E-state index in [0.717, 1.165) is 50.2 Å². The molecule has 2 heterocycles. The van der Waals surface area contributed by atoms with Crippen molar-refractivity contribution < 1.29 is 0 Å². The molecule has 0 aromatic carbocycles. The third-order valence-electron chi connectivity index (χ3n) is 3.37. The third-order valence-corrected chi connectivity index (χ3v) is 4.20. The molecule has 1 fully saturated rings. The van der Waals surface area contributed by atoms with Crippen molar-refractivity contribution in [3.8, 4) is 0 Å². The highest BCUT2D eigenvalue weighted by Crippen LogP contribution is 2.24. The Bertz CT molecular complexity index is 392. The van der Waals surface area contributed by atoms with E-state index in [9.17, 15) is 0 Å². The summed E-state index contributed by atoms with van der Waals surface area (Å²) in [5.74, 6) is 0.946. The topological polar surface area (TPSA) is 44.3 Å². The number of likely N-dealkylation sites (N-methyl/N-ethyl adjacent to an activating group) is 1. The molecule has 2 rings (SSSR count). The molecule has 108 valence electrons. The molecule has 1 N–H and O–H groups in total. The van der Waals surface area contributed by atoms with Crippen LogP contribution in [0.2, 0.25) is 0 Å². The van der Waals surface area contributed by atoms with E-state index < -0.39 is 0 Å². The summed E-state index contributed by atoms with van der Waals surface area (Å²) in [7, 11) is 2.11. The smallest absolute Gasteiger partial charge is 0.205 e. The molecule has 1 aliphatic heterocycles. The molecule has 1 saturated heterocycles. The van der Waals surface area contributed by atoms with E-state index in [0.29, 0.717) is 0 Å². The van der Waals surface area contributed by atoms with Crippen LogP contribution in [0.15, 0.2) is 0 Å². The number of piperazine rings is 1. The molecule has 6 heteroatoms. The van der Waals surface area contributed by atoms with Gasteiger partial charge in [-0.25, -0.2) is 4.98 Å². The molecule has 1 aliphatic rings. The molecule has 0 unspecified atom stereocenters. The fourth-order valence-corrected chi connectivity index (χ4v) is 2.84. The van der Waals surface area contributed by atoms with Crippen LogP contribution in [0.1, 0.15) is 26.6 Å². The van der Waals surface area contributed by atoms with Gasteiger partial charge in [0, 0.05) is 63.3 Å². The molecule has 0 amide bonds. The van der Waals surface area contributed by atoms with Gasteiger partial charge < -0.3 is 10.2 Å². The zero-order valence-corrected chi connectivity index (χ0v) is 13.3. The van der Waals surface area contributed by atoms with Crippen LogP contribution in [0.25, 0.3) is 0 Å². The molecule has 0 spiro atoms. The van der Waals surface area contributed by atoms with Gasteiger partial charge in [0.25, 0.3) is 0 Å². The van der Waals surface area contributed by atoms with Crippen molar-refractivity contribution in [2.75, 3.05) is 51.2 Å². The Balaban J connectivity index is 1.85. The van der Waals surface area contributed by atoms with Crippen molar-refractivity contribution in [3.63, 3.8) is 0 Å². The second-order valence-electron chi connectivity index (χ2n) is 6.16. The van der Waals surface area contributed by atoms with Gasteiger partial charge >= 0.3 is 0 Å². The van der Waals surface area contributed by atoms with E-state index in [2.05, 4.69) is 52.3 Å². The van der Waals surface area contributed by atoms with E-state index in [4.69, 9.17) is 0 Å². The van der Waals surface area contributed by atoms with Crippen molar-refractivity contribution in [3.05, 3.63) is 5.82 Å². The average molecular weight is 283 g/mol. The first-order chi connectivity index (χ1) is 8.97. The van der Waals surface area contributed by atoms with Crippen LogP contribution in [-0.4, -0.2) is 60.6 Å². The molecule has 1 aromatic rings. The van der Waals surface area contributed by atoms with E-state index >= 15 is 0 Å². The Hall–Kier alpha value is -0.720. The van der Waals surface area contributed by atoms with Crippen molar-refractivity contribution in [2.24, 2.45) is 0 Å². The van der Waals surface area contributed by atoms with Gasteiger partial charge in [-0.05, 0) is 0 Å². The minimum absolute atomic E-state index is 0.0358. The minimum Gasteiger partial charge on any atom is -0.349 e. The van der Waals surface area contributed by atoms with Crippen LogP contribution in [0.4, 0.5) is 5.13 Å². The number of hydrogen-bond acceptors (Lipinski definition) is 6. The minimum atomic E-state index is 0.0358. The highest BCUT2D eigenvalue weighted by molar-refractivity contribution is 7.09. The highest BCUT2D eigenvalue weighted by atomic mass is 32.1. The molecule has 5 nitrogen and oxygen atoms in total. The molecule has 19 heavy (non-hydrogen) atoms. The number of nitrogens with zero attached hydrogens (tertiary/aromatic N) is 4. The summed E-state index contributed by atoms with van der Waals surface area (Å²) < 4.78 is 4.47. The molecule has 0 radical (unpaired) electrons. The second kappa shape index (κ2) is 6.15. The Kier molecular flexibility index (Phi) is 4.76. The number of anilines is 1. The van der Waals surface area contributed by atoms with Gasteiger partial charge in [0.05, 0.1) is 0 Å². The summed E-state index contributed by atoms with van der Waals surface area (Å²) in [5, 5.41) is 4.41. The molecular weight excluding hydrogens is 258 g/mol. The van der Waals surface area contributed by atoms with Crippen LogP contribution < -0.4 is 10.2 Å². The first kappa shape index (κ1) is 14.7. The first-order valence-corrected chi connectivity index (χ1v) is 7.72. The van der Waals surface area contributed by atoms with Crippen molar-refractivity contribution >= 4 is 16.7 Å². The summed E-state index contributed by atoms with van der Waals surface area (Å²) in [6, 6.07) is 0. The van der Waals surface area contributed by atoms with Gasteiger partial charge in [-0.1, -0.05) is 20.8 Å². The van der Waals surface area contributed by atoms with Crippen LogP contribution in [0.3, 0.4) is 0 Å². The van der Waals surface area contributed by atoms with E-state index in [1.54, 1.807) is 0 Å². The monoisotopic (exact) mass is 283 g/mol. The Morgan fingerprint density at radius 1 is 1.32 bits per heavy atom. The van der Waals surface area contributed by atoms with Gasteiger partial charge in [0.1, 0.15) is 5.82 Å². The summed E-state index contributed by atoms with van der Waals surface area (Å²) in [5.41, 5.74) is 0.0358. The Labute approximate surface area is 120 Å². The number of rotatable bonds is 4. The molecular formula is C13H25N5S. The van der Waals surface area contributed by atoms with Gasteiger partial charge in [-0.3, -0.25) is 4.90 Å². The lowest BCUT2D eigenvalue weighted by Crippen LogP contribution is -2.46. The Morgan fingerprint density at radius 2 is 2.00 bits per heavy atom. The van der Waals surface area contributed by atoms with Gasteiger partial charge in [-0.2, -0.15) is 4.37 Å². The molecule has 0 bridgehead atoms. The molecule has 0 saturated carbocycles. The van der Waals surface area contributed by atoms with Crippen molar-refractivity contribution in [1.82, 2.24) is 19.6 Å². The summed E-state index contributed by atoms with van der Waals surface area (Å²) in [6.07, 6.45) is 0. The summed E-state index contributed by atoms with van der Waals surface area (Å²) >= 11 is 1.51. The van der Waals surface area contributed by atoms with Crippen molar-refractivity contribution in [1.29, 1.82) is 0 Å². The number of hydrogen-bond donors (Lipinski definition) is 1. The zero-order chi connectivity index (χ0) is 13.9. The fraction of sp³-hybridized carbons (Fsp3) is 0.846. The zero-order valence-electron chi connectivity index (χ0n) is 12.4. The number of nitrogens with one attached hydrogen (secondary N) is 1. The van der Waals surface area contributed by atoms with E-state index in [-0.39, 0.29) is 5.41 Å². The summed E-state index contributed by atoms with van der Waals surface area (Å²) in [4.78, 5) is 9.36. The quantitative estimate of drug-likeness (QED) is 0.899. The standard InChI is InChI=1S/C13H25N5S/c1-13(2,3)11-15-12(19-16-11)17(4)9-10-18-7-5-14-6-8-18/h14H,5-10H2,1-4H3. The second-order valence-corrected chi connectivity index (χ2v) is 6.89. The lowest BCUT2D eigenvalue weighted by molar-refractivity contribution is 0.246. The van der Waals surface area contributed by atoms with Crippen LogP contribution in [-0.2, 0) is 5.41 Å². The predicted octanol–water partition coefficient (Wildman–Crippen LogP) is 1.18. The molecule has 0 atom stereocenters. The maximum Gasteiger partial charge on any atom is 0.205 e. The molecule has 0 aliphatic carbocycles. The maximum atomic E-state index is 4.65. The summed E-state index contributed by atoms with van der Waals surface area (Å²) in [6.45, 7) is 13.1. The van der Waals surface area contributed by atoms with Gasteiger partial charge in [0.2, 0.25) is 5.13 Å². The lowest BCUT2D eigenvalue weighted by atomic mass is 9.96. The van der Waals surface area contributed by atoms with Gasteiger partial charge in [-0.15, -0.1) is 0 Å². The highest BCUT2D eigenvalue weighted by Gasteiger charge is 2.21. The van der Waals surface area contributed by atoms with Crippen LogP contribution >= 0.6 is 11.5 Å². The predicted molar refractivity (Wildman–Crippen MR) is 81.2 cm³/mol. The normalized spacial score (nSPS) is 17.7. The van der Waals surface area contributed by atoms with Crippen LogP contribution in [0.5, 0.6) is 0 Å². The van der Waals surface area contributed by atoms with E-state index in [1.807, 2.05) is 0 Å². The third kappa shape index (κ3) is 4.12. The largest absolute Gasteiger partial charge is 0.349 e. The Morgan fingerprint density at radius 3 is 2.58 bits per heavy atom. The average Bonchev–Trinajstić information content (AvgIpc) is 2.87. The fourth-order valence-electron chi connectivity index (χ4n) is 2.00. The maximum absolute atomic E-state index is 4.65.